The van der Waals surface area contributed by atoms with Crippen molar-refractivity contribution in [3.63, 3.8) is 0 Å². The van der Waals surface area contributed by atoms with Gasteiger partial charge in [0.1, 0.15) is 0 Å². The van der Waals surface area contributed by atoms with E-state index in [1.165, 1.54) is 37.7 Å². The lowest BCUT2D eigenvalue weighted by molar-refractivity contribution is 0.148. The Bertz CT molecular complexity index is 644. The standard InChI is InChI=1S/C18H25N5O.ClH/c1-2-5-14(6-3-1)18-21-17(22-24-18)13-23-10-9-20-12-16(23)15-7-4-8-19-11-15;/h4,7-8,11,14,16,20H,1-3,5-6,9-10,12-13H2;1H. The lowest BCUT2D eigenvalue weighted by atomic mass is 9.89. The van der Waals surface area contributed by atoms with Crippen LogP contribution in [0, 0.1) is 0 Å². The summed E-state index contributed by atoms with van der Waals surface area (Å²) < 4.78 is 5.57. The minimum Gasteiger partial charge on any atom is -0.339 e. The van der Waals surface area contributed by atoms with E-state index < -0.39 is 0 Å². The highest BCUT2D eigenvalue weighted by Crippen LogP contribution is 2.31. The number of aromatic nitrogens is 3. The van der Waals surface area contributed by atoms with Crippen LogP contribution < -0.4 is 5.32 Å². The summed E-state index contributed by atoms with van der Waals surface area (Å²) in [6, 6.07) is 4.45. The van der Waals surface area contributed by atoms with Gasteiger partial charge in [-0.05, 0) is 24.5 Å². The molecule has 0 amide bonds. The SMILES string of the molecule is Cl.c1cncc(C2CNCCN2Cc2noc(C3CCCCC3)n2)c1. The zero-order chi connectivity index (χ0) is 16.2. The molecule has 2 fully saturated rings. The maximum atomic E-state index is 5.57. The molecule has 4 rings (SSSR count). The molecule has 3 heterocycles. The minimum absolute atomic E-state index is 0. The van der Waals surface area contributed by atoms with Gasteiger partial charge in [-0.25, -0.2) is 0 Å². The van der Waals surface area contributed by atoms with Crippen molar-refractivity contribution in [2.45, 2.75) is 50.6 Å². The van der Waals surface area contributed by atoms with Gasteiger partial charge >= 0.3 is 0 Å². The highest BCUT2D eigenvalue weighted by molar-refractivity contribution is 5.85. The number of pyridine rings is 1. The van der Waals surface area contributed by atoms with Crippen LogP contribution in [0.5, 0.6) is 0 Å². The molecule has 1 aliphatic carbocycles. The van der Waals surface area contributed by atoms with Crippen molar-refractivity contribution in [3.8, 4) is 0 Å². The van der Waals surface area contributed by atoms with Gasteiger partial charge in [0.05, 0.1) is 6.54 Å². The molecule has 0 bridgehead atoms. The zero-order valence-corrected chi connectivity index (χ0v) is 15.2. The van der Waals surface area contributed by atoms with Gasteiger partial charge in [-0.1, -0.05) is 30.5 Å². The third-order valence-electron chi connectivity index (χ3n) is 5.21. The lowest BCUT2D eigenvalue weighted by Gasteiger charge is -2.35. The molecule has 2 aromatic heterocycles. The van der Waals surface area contributed by atoms with Crippen molar-refractivity contribution in [3.05, 3.63) is 41.8 Å². The molecule has 1 atom stereocenters. The monoisotopic (exact) mass is 363 g/mol. The maximum absolute atomic E-state index is 5.57. The summed E-state index contributed by atoms with van der Waals surface area (Å²) in [6.45, 7) is 3.63. The molecule has 136 valence electrons. The van der Waals surface area contributed by atoms with E-state index in [9.17, 15) is 0 Å². The molecule has 0 spiro atoms. The van der Waals surface area contributed by atoms with E-state index in [1.54, 1.807) is 0 Å². The smallest absolute Gasteiger partial charge is 0.229 e. The largest absolute Gasteiger partial charge is 0.339 e. The van der Waals surface area contributed by atoms with Crippen molar-refractivity contribution in [1.29, 1.82) is 0 Å². The van der Waals surface area contributed by atoms with Crippen LogP contribution in [0.1, 0.15) is 61.3 Å². The third-order valence-corrected chi connectivity index (χ3v) is 5.21. The third kappa shape index (κ3) is 4.37. The van der Waals surface area contributed by atoms with Crippen molar-refractivity contribution in [2.75, 3.05) is 19.6 Å². The average Bonchev–Trinajstić information content (AvgIpc) is 3.12. The van der Waals surface area contributed by atoms with Crippen LogP contribution in [0.2, 0.25) is 0 Å². The van der Waals surface area contributed by atoms with Crippen molar-refractivity contribution >= 4 is 12.4 Å². The van der Waals surface area contributed by atoms with Crippen LogP contribution in [-0.4, -0.2) is 39.7 Å². The summed E-state index contributed by atoms with van der Waals surface area (Å²) in [4.78, 5) is 11.4. The van der Waals surface area contributed by atoms with Gasteiger partial charge in [0.25, 0.3) is 0 Å². The average molecular weight is 364 g/mol. The Morgan fingerprint density at radius 3 is 2.92 bits per heavy atom. The van der Waals surface area contributed by atoms with Gasteiger partial charge in [-0.3, -0.25) is 9.88 Å². The molecular weight excluding hydrogens is 338 g/mol. The summed E-state index contributed by atoms with van der Waals surface area (Å²) in [5.41, 5.74) is 1.24. The first-order valence-corrected chi connectivity index (χ1v) is 9.07. The second-order valence-corrected chi connectivity index (χ2v) is 6.86. The fourth-order valence-electron chi connectivity index (χ4n) is 3.87. The van der Waals surface area contributed by atoms with E-state index in [4.69, 9.17) is 9.51 Å². The summed E-state index contributed by atoms with van der Waals surface area (Å²) in [5.74, 6) is 2.13. The summed E-state index contributed by atoms with van der Waals surface area (Å²) >= 11 is 0. The molecule has 7 heteroatoms. The number of rotatable bonds is 4. The first kappa shape index (κ1) is 18.3. The molecule has 1 saturated carbocycles. The fourth-order valence-corrected chi connectivity index (χ4v) is 3.87. The molecule has 0 aromatic carbocycles. The first-order chi connectivity index (χ1) is 11.9. The van der Waals surface area contributed by atoms with Crippen LogP contribution in [0.3, 0.4) is 0 Å². The van der Waals surface area contributed by atoms with Crippen molar-refractivity contribution < 1.29 is 4.52 Å². The van der Waals surface area contributed by atoms with Crippen molar-refractivity contribution in [2.24, 2.45) is 0 Å². The van der Waals surface area contributed by atoms with Gasteiger partial charge < -0.3 is 9.84 Å². The van der Waals surface area contributed by atoms with Crippen LogP contribution >= 0.6 is 12.4 Å². The second kappa shape index (κ2) is 8.74. The molecule has 25 heavy (non-hydrogen) atoms. The Morgan fingerprint density at radius 2 is 2.12 bits per heavy atom. The number of hydrogen-bond donors (Lipinski definition) is 1. The van der Waals surface area contributed by atoms with Crippen LogP contribution in [-0.2, 0) is 6.54 Å². The quantitative estimate of drug-likeness (QED) is 0.900. The highest BCUT2D eigenvalue weighted by atomic mass is 35.5. The fraction of sp³-hybridized carbons (Fsp3) is 0.611. The Morgan fingerprint density at radius 1 is 1.24 bits per heavy atom. The van der Waals surface area contributed by atoms with Gasteiger partial charge in [-0.2, -0.15) is 4.98 Å². The molecule has 2 aliphatic rings. The Hall–Kier alpha value is -1.50. The predicted molar refractivity (Wildman–Crippen MR) is 97.6 cm³/mol. The maximum Gasteiger partial charge on any atom is 0.229 e. The van der Waals surface area contributed by atoms with E-state index >= 15 is 0 Å². The van der Waals surface area contributed by atoms with Crippen LogP contribution in [0.4, 0.5) is 0 Å². The Balaban J connectivity index is 0.00000182. The molecular formula is C18H26ClN5O. The van der Waals surface area contributed by atoms with E-state index in [0.717, 1.165) is 37.9 Å². The second-order valence-electron chi connectivity index (χ2n) is 6.86. The van der Waals surface area contributed by atoms with Gasteiger partial charge in [-0.15, -0.1) is 12.4 Å². The molecule has 6 nitrogen and oxygen atoms in total. The summed E-state index contributed by atoms with van der Waals surface area (Å²) in [5, 5.41) is 7.72. The number of halogens is 1. The number of hydrogen-bond acceptors (Lipinski definition) is 6. The number of piperazine rings is 1. The Labute approximate surface area is 154 Å². The van der Waals surface area contributed by atoms with E-state index in [2.05, 4.69) is 26.4 Å². The molecule has 2 aromatic rings. The first-order valence-electron chi connectivity index (χ1n) is 9.07. The van der Waals surface area contributed by atoms with E-state index in [-0.39, 0.29) is 12.4 Å². The lowest BCUT2D eigenvalue weighted by Crippen LogP contribution is -2.45. The minimum atomic E-state index is 0. The van der Waals surface area contributed by atoms with Crippen LogP contribution in [0.15, 0.2) is 29.0 Å². The molecule has 0 radical (unpaired) electrons. The predicted octanol–water partition coefficient (Wildman–Crippen LogP) is 3.08. The van der Waals surface area contributed by atoms with Gasteiger partial charge in [0.15, 0.2) is 5.82 Å². The van der Waals surface area contributed by atoms with Crippen molar-refractivity contribution in [1.82, 2.24) is 25.3 Å². The van der Waals surface area contributed by atoms with Gasteiger partial charge in [0, 0.05) is 44.0 Å². The molecule has 1 aliphatic heterocycles. The highest BCUT2D eigenvalue weighted by Gasteiger charge is 2.27. The summed E-state index contributed by atoms with van der Waals surface area (Å²) in [6.07, 6.45) is 10.0. The normalized spacial score (nSPS) is 22.5. The molecule has 1 unspecified atom stereocenters. The topological polar surface area (TPSA) is 67.1 Å². The number of nitrogens with zero attached hydrogens (tertiary/aromatic N) is 4. The molecule has 1 N–H and O–H groups in total. The van der Waals surface area contributed by atoms with Crippen LogP contribution in [0.25, 0.3) is 0 Å². The number of nitrogens with one attached hydrogen (secondary N) is 1. The van der Waals surface area contributed by atoms with E-state index in [1.807, 2.05) is 18.5 Å². The molecule has 1 saturated heterocycles. The van der Waals surface area contributed by atoms with E-state index in [0.29, 0.717) is 12.0 Å². The zero-order valence-electron chi connectivity index (χ0n) is 14.4. The summed E-state index contributed by atoms with van der Waals surface area (Å²) in [7, 11) is 0. The Kier molecular flexibility index (Phi) is 6.39. The van der Waals surface area contributed by atoms with Gasteiger partial charge in [0.2, 0.25) is 5.89 Å².